The van der Waals surface area contributed by atoms with Gasteiger partial charge in [-0.15, -0.1) is 0 Å². The highest BCUT2D eigenvalue weighted by molar-refractivity contribution is 5.76. The summed E-state index contributed by atoms with van der Waals surface area (Å²) in [5, 5.41) is 2.89. The number of fused-ring (bicyclic) bond motifs is 1. The van der Waals surface area contributed by atoms with Crippen molar-refractivity contribution < 1.29 is 14.3 Å². The number of ether oxygens (including phenoxy) is 2. The maximum atomic E-state index is 11.7. The van der Waals surface area contributed by atoms with Crippen molar-refractivity contribution in [1.82, 2.24) is 5.32 Å². The van der Waals surface area contributed by atoms with Crippen molar-refractivity contribution in [2.75, 3.05) is 6.79 Å². The van der Waals surface area contributed by atoms with Gasteiger partial charge in [0.25, 0.3) is 0 Å². The number of benzene rings is 1. The highest BCUT2D eigenvalue weighted by Gasteiger charge is 2.29. The minimum Gasteiger partial charge on any atom is -0.454 e. The number of nitrogens with one attached hydrogen (secondary N) is 1. The van der Waals surface area contributed by atoms with Crippen molar-refractivity contribution in [3.05, 3.63) is 23.8 Å². The fraction of sp³-hybridized carbons (Fsp3) is 0.500. The minimum absolute atomic E-state index is 0.0109. The quantitative estimate of drug-likeness (QED) is 0.835. The Bertz CT molecular complexity index is 486. The molecule has 5 heteroatoms. The van der Waals surface area contributed by atoms with Gasteiger partial charge in [0.15, 0.2) is 11.5 Å². The maximum absolute atomic E-state index is 11.7. The van der Waals surface area contributed by atoms with E-state index in [4.69, 9.17) is 15.2 Å². The first-order valence-electron chi connectivity index (χ1n) is 6.63. The van der Waals surface area contributed by atoms with Crippen LogP contribution in [0.25, 0.3) is 0 Å². The molecule has 1 heterocycles. The molecule has 0 spiro atoms. The molecule has 1 aromatic carbocycles. The molecule has 0 radical (unpaired) electrons. The first-order chi connectivity index (χ1) is 9.22. The molecule has 1 aliphatic carbocycles. The minimum atomic E-state index is 0.0109. The zero-order valence-corrected chi connectivity index (χ0v) is 10.7. The molecule has 5 nitrogen and oxygen atoms in total. The van der Waals surface area contributed by atoms with Crippen LogP contribution < -0.4 is 20.5 Å². The van der Waals surface area contributed by atoms with Crippen molar-refractivity contribution in [3.8, 4) is 11.5 Å². The lowest BCUT2D eigenvalue weighted by molar-refractivity contribution is -0.121. The first-order valence-corrected chi connectivity index (χ1v) is 6.63. The molecule has 1 atom stereocenters. The SMILES string of the molecule is NC(CC(=O)NCc1ccc2c(c1)OCO2)C1CC1. The molecule has 3 rings (SSSR count). The number of carbonyl (C=O) groups is 1. The average molecular weight is 262 g/mol. The molecule has 19 heavy (non-hydrogen) atoms. The molecular formula is C14H18N2O3. The van der Waals surface area contributed by atoms with E-state index in [0.717, 1.165) is 29.9 Å². The van der Waals surface area contributed by atoms with Gasteiger partial charge in [-0.25, -0.2) is 0 Å². The lowest BCUT2D eigenvalue weighted by Crippen LogP contribution is -2.32. The van der Waals surface area contributed by atoms with E-state index in [2.05, 4.69) is 5.32 Å². The standard InChI is InChI=1S/C14H18N2O3/c15-11(10-2-3-10)6-14(17)16-7-9-1-4-12-13(5-9)19-8-18-12/h1,4-5,10-11H,2-3,6-8,15H2,(H,16,17). The first kappa shape index (κ1) is 12.3. The van der Waals surface area contributed by atoms with Gasteiger partial charge < -0.3 is 20.5 Å². The zero-order chi connectivity index (χ0) is 13.2. The molecule has 1 amide bonds. The van der Waals surface area contributed by atoms with Crippen molar-refractivity contribution in [2.45, 2.75) is 31.8 Å². The summed E-state index contributed by atoms with van der Waals surface area (Å²) in [6, 6.07) is 5.69. The number of rotatable bonds is 5. The topological polar surface area (TPSA) is 73.6 Å². The van der Waals surface area contributed by atoms with Crippen LogP contribution >= 0.6 is 0 Å². The lowest BCUT2D eigenvalue weighted by Gasteiger charge is -2.10. The summed E-state index contributed by atoms with van der Waals surface area (Å²) >= 11 is 0. The van der Waals surface area contributed by atoms with Crippen LogP contribution in [-0.4, -0.2) is 18.7 Å². The predicted molar refractivity (Wildman–Crippen MR) is 69.7 cm³/mol. The van der Waals surface area contributed by atoms with Crippen LogP contribution in [0.5, 0.6) is 11.5 Å². The third kappa shape index (κ3) is 2.98. The average Bonchev–Trinajstić information content (AvgIpc) is 3.15. The molecule has 1 fully saturated rings. The van der Waals surface area contributed by atoms with Gasteiger partial charge in [-0.05, 0) is 36.5 Å². The Hall–Kier alpha value is -1.75. The van der Waals surface area contributed by atoms with E-state index in [9.17, 15) is 4.79 Å². The Labute approximate surface area is 112 Å². The summed E-state index contributed by atoms with van der Waals surface area (Å²) in [5.74, 6) is 2.06. The summed E-state index contributed by atoms with van der Waals surface area (Å²) in [4.78, 5) is 11.7. The second-order valence-corrected chi connectivity index (χ2v) is 5.17. The molecule has 0 aromatic heterocycles. The second-order valence-electron chi connectivity index (χ2n) is 5.17. The zero-order valence-electron chi connectivity index (χ0n) is 10.7. The van der Waals surface area contributed by atoms with E-state index in [1.54, 1.807) is 0 Å². The Morgan fingerprint density at radius 3 is 2.95 bits per heavy atom. The van der Waals surface area contributed by atoms with Crippen LogP contribution in [-0.2, 0) is 11.3 Å². The predicted octanol–water partition coefficient (Wildman–Crippen LogP) is 1.16. The van der Waals surface area contributed by atoms with Crippen molar-refractivity contribution in [2.24, 2.45) is 11.7 Å². The van der Waals surface area contributed by atoms with Crippen molar-refractivity contribution >= 4 is 5.91 Å². The van der Waals surface area contributed by atoms with Gasteiger partial charge in [0.2, 0.25) is 12.7 Å². The second kappa shape index (κ2) is 5.09. The Kier molecular flexibility index (Phi) is 3.29. The molecule has 0 bridgehead atoms. The lowest BCUT2D eigenvalue weighted by atomic mass is 10.1. The molecule has 0 saturated heterocycles. The number of carbonyl (C=O) groups excluding carboxylic acids is 1. The molecule has 1 unspecified atom stereocenters. The van der Waals surface area contributed by atoms with Gasteiger partial charge in [0, 0.05) is 19.0 Å². The smallest absolute Gasteiger partial charge is 0.231 e. The van der Waals surface area contributed by atoms with E-state index in [1.165, 1.54) is 0 Å². The molecule has 1 saturated carbocycles. The molecule has 2 aliphatic rings. The normalized spacial score (nSPS) is 18.2. The van der Waals surface area contributed by atoms with Crippen LogP contribution in [0.3, 0.4) is 0 Å². The van der Waals surface area contributed by atoms with Gasteiger partial charge in [0.05, 0.1) is 0 Å². The number of hydrogen-bond acceptors (Lipinski definition) is 4. The van der Waals surface area contributed by atoms with Gasteiger partial charge in [0.1, 0.15) is 0 Å². The third-order valence-corrected chi connectivity index (χ3v) is 3.58. The number of nitrogens with two attached hydrogens (primary N) is 1. The van der Waals surface area contributed by atoms with E-state index in [1.807, 2.05) is 18.2 Å². The fourth-order valence-corrected chi connectivity index (χ4v) is 2.23. The van der Waals surface area contributed by atoms with Crippen LogP contribution in [0, 0.1) is 5.92 Å². The molecular weight excluding hydrogens is 244 g/mol. The van der Waals surface area contributed by atoms with Gasteiger partial charge in [-0.3, -0.25) is 4.79 Å². The van der Waals surface area contributed by atoms with Gasteiger partial charge >= 0.3 is 0 Å². The van der Waals surface area contributed by atoms with Crippen LogP contribution in [0.4, 0.5) is 0 Å². The molecule has 1 aliphatic heterocycles. The molecule has 3 N–H and O–H groups in total. The van der Waals surface area contributed by atoms with Gasteiger partial charge in [-0.1, -0.05) is 6.07 Å². The largest absolute Gasteiger partial charge is 0.454 e. The van der Waals surface area contributed by atoms with E-state index >= 15 is 0 Å². The van der Waals surface area contributed by atoms with E-state index in [0.29, 0.717) is 18.9 Å². The highest BCUT2D eigenvalue weighted by atomic mass is 16.7. The van der Waals surface area contributed by atoms with Crippen molar-refractivity contribution in [1.29, 1.82) is 0 Å². The summed E-state index contributed by atoms with van der Waals surface area (Å²) in [6.45, 7) is 0.758. The van der Waals surface area contributed by atoms with Crippen LogP contribution in [0.2, 0.25) is 0 Å². The fourth-order valence-electron chi connectivity index (χ4n) is 2.23. The van der Waals surface area contributed by atoms with Crippen LogP contribution in [0.1, 0.15) is 24.8 Å². The number of amides is 1. The van der Waals surface area contributed by atoms with Gasteiger partial charge in [-0.2, -0.15) is 0 Å². The van der Waals surface area contributed by atoms with Crippen LogP contribution in [0.15, 0.2) is 18.2 Å². The van der Waals surface area contributed by atoms with E-state index in [-0.39, 0.29) is 18.7 Å². The summed E-state index contributed by atoms with van der Waals surface area (Å²) in [6.07, 6.45) is 2.74. The summed E-state index contributed by atoms with van der Waals surface area (Å²) in [7, 11) is 0. The monoisotopic (exact) mass is 262 g/mol. The maximum Gasteiger partial charge on any atom is 0.231 e. The summed E-state index contributed by atoms with van der Waals surface area (Å²) < 4.78 is 10.5. The Morgan fingerprint density at radius 1 is 1.37 bits per heavy atom. The summed E-state index contributed by atoms with van der Waals surface area (Å²) in [5.41, 5.74) is 6.92. The van der Waals surface area contributed by atoms with Crippen molar-refractivity contribution in [3.63, 3.8) is 0 Å². The number of hydrogen-bond donors (Lipinski definition) is 2. The van der Waals surface area contributed by atoms with E-state index < -0.39 is 0 Å². The molecule has 1 aromatic rings. The third-order valence-electron chi connectivity index (χ3n) is 3.58. The Balaban J connectivity index is 1.50. The molecule has 102 valence electrons. The Morgan fingerprint density at radius 2 is 2.16 bits per heavy atom. The highest BCUT2D eigenvalue weighted by Crippen LogP contribution is 2.33.